The Morgan fingerprint density at radius 2 is 1.83 bits per heavy atom. The highest BCUT2D eigenvalue weighted by Gasteiger charge is 2.55. The molecular weight excluding hydrogens is 590 g/mol. The molecule has 0 atom stereocenters. The largest absolute Gasteiger partial charge is 0.469 e. The van der Waals surface area contributed by atoms with Gasteiger partial charge >= 0.3 is 5.97 Å². The fraction of sp³-hybridized carbons (Fsp3) is 0.357. The SMILES string of the molecule is C=C/C=C\C=C(/C)c1ccc(Cc2c(Br)sc(Br)c2C(=O)NC2CC3(C2)CC(C(=O)OC)C3)cc1. The summed E-state index contributed by atoms with van der Waals surface area (Å²) in [4.78, 5) is 24.9. The predicted molar refractivity (Wildman–Crippen MR) is 150 cm³/mol. The van der Waals surface area contributed by atoms with Gasteiger partial charge in [0.1, 0.15) is 0 Å². The molecule has 1 aromatic carbocycles. The molecule has 0 aliphatic heterocycles. The molecule has 2 aliphatic carbocycles. The van der Waals surface area contributed by atoms with Gasteiger partial charge in [-0.25, -0.2) is 0 Å². The van der Waals surface area contributed by atoms with E-state index in [-0.39, 0.29) is 29.3 Å². The molecule has 2 aromatic rings. The average Bonchev–Trinajstić information content (AvgIpc) is 3.07. The van der Waals surface area contributed by atoms with Crippen molar-refractivity contribution in [3.05, 3.63) is 85.0 Å². The highest BCUT2D eigenvalue weighted by atomic mass is 79.9. The number of thiophene rings is 1. The number of carbonyl (C=O) groups excluding carboxylic acids is 2. The van der Waals surface area contributed by atoms with Crippen LogP contribution >= 0.6 is 43.2 Å². The molecule has 2 fully saturated rings. The lowest BCUT2D eigenvalue weighted by atomic mass is 9.50. The number of carbonyl (C=O) groups is 2. The number of esters is 1. The number of allylic oxidation sites excluding steroid dienone is 5. The van der Waals surface area contributed by atoms with Crippen molar-refractivity contribution >= 4 is 60.6 Å². The second-order valence-electron chi connectivity index (χ2n) is 9.55. The molecule has 1 N–H and O–H groups in total. The molecular formula is C28H29Br2NO3S. The van der Waals surface area contributed by atoms with Crippen LogP contribution in [0.1, 0.15) is 59.7 Å². The first kappa shape index (κ1) is 26.1. The summed E-state index contributed by atoms with van der Waals surface area (Å²) in [5.74, 6) is -0.120. The molecule has 184 valence electrons. The summed E-state index contributed by atoms with van der Waals surface area (Å²) in [6.45, 7) is 5.78. The Kier molecular flexibility index (Phi) is 8.19. The van der Waals surface area contributed by atoms with Crippen molar-refractivity contribution in [3.8, 4) is 0 Å². The molecule has 2 saturated carbocycles. The van der Waals surface area contributed by atoms with Gasteiger partial charge in [-0.1, -0.05) is 55.1 Å². The molecule has 0 radical (unpaired) electrons. The topological polar surface area (TPSA) is 55.4 Å². The Balaban J connectivity index is 1.39. The summed E-state index contributed by atoms with van der Waals surface area (Å²) in [6, 6.07) is 8.63. The van der Waals surface area contributed by atoms with Crippen LogP contribution in [0.4, 0.5) is 0 Å². The molecule has 0 bridgehead atoms. The van der Waals surface area contributed by atoms with Gasteiger partial charge in [0.15, 0.2) is 0 Å². The van der Waals surface area contributed by atoms with Crippen LogP contribution in [0.25, 0.3) is 5.57 Å². The molecule has 1 aromatic heterocycles. The zero-order valence-electron chi connectivity index (χ0n) is 19.9. The van der Waals surface area contributed by atoms with Crippen LogP contribution in [0.2, 0.25) is 0 Å². The third-order valence-electron chi connectivity index (χ3n) is 7.11. The molecule has 1 heterocycles. The summed E-state index contributed by atoms with van der Waals surface area (Å²) in [5, 5.41) is 3.22. The highest BCUT2D eigenvalue weighted by molar-refractivity contribution is 9.12. The maximum absolute atomic E-state index is 13.2. The van der Waals surface area contributed by atoms with Crippen LogP contribution < -0.4 is 5.32 Å². The highest BCUT2D eigenvalue weighted by Crippen LogP contribution is 2.59. The summed E-state index contributed by atoms with van der Waals surface area (Å²) in [5.41, 5.74) is 5.40. The number of ether oxygens (including phenoxy) is 1. The third-order valence-corrected chi connectivity index (χ3v) is 9.77. The molecule has 0 saturated heterocycles. The standard InChI is InChI=1S/C28H29Br2NO3S/c1-4-5-6-7-17(2)19-10-8-18(9-11-19)12-22-23(25(30)35-24(22)29)26(32)31-21-15-28(16-21)13-20(14-28)27(33)34-3/h4-11,20-21H,1,12-16H2,2-3H3,(H,31,32)/b6-5-,17-7+. The molecule has 1 spiro atoms. The van der Waals surface area contributed by atoms with E-state index >= 15 is 0 Å². The first-order chi connectivity index (χ1) is 16.7. The molecule has 35 heavy (non-hydrogen) atoms. The lowest BCUT2D eigenvalue weighted by molar-refractivity contribution is -0.159. The van der Waals surface area contributed by atoms with Gasteiger partial charge in [0.2, 0.25) is 0 Å². The number of rotatable bonds is 8. The zero-order valence-corrected chi connectivity index (χ0v) is 23.9. The van der Waals surface area contributed by atoms with E-state index in [1.54, 1.807) is 6.08 Å². The van der Waals surface area contributed by atoms with Crippen molar-refractivity contribution in [2.75, 3.05) is 7.11 Å². The number of benzene rings is 1. The molecule has 4 nitrogen and oxygen atoms in total. The Labute approximate surface area is 227 Å². The minimum Gasteiger partial charge on any atom is -0.469 e. The second kappa shape index (κ2) is 11.0. The van der Waals surface area contributed by atoms with Gasteiger partial charge in [-0.05, 0) is 92.1 Å². The van der Waals surface area contributed by atoms with Crippen molar-refractivity contribution in [2.24, 2.45) is 11.3 Å². The van der Waals surface area contributed by atoms with E-state index in [1.807, 2.05) is 12.2 Å². The third kappa shape index (κ3) is 5.73. The molecule has 1 amide bonds. The van der Waals surface area contributed by atoms with Crippen molar-refractivity contribution < 1.29 is 14.3 Å². The Hall–Kier alpha value is -1.96. The Morgan fingerprint density at radius 3 is 2.46 bits per heavy atom. The quantitative estimate of drug-likeness (QED) is 0.247. The zero-order chi connectivity index (χ0) is 25.2. The van der Waals surface area contributed by atoms with Gasteiger partial charge in [-0.2, -0.15) is 0 Å². The second-order valence-corrected chi connectivity index (χ2v) is 13.2. The van der Waals surface area contributed by atoms with Crippen LogP contribution in [0, 0.1) is 11.3 Å². The molecule has 0 unspecified atom stereocenters. The van der Waals surface area contributed by atoms with E-state index in [4.69, 9.17) is 4.74 Å². The average molecular weight is 619 g/mol. The van der Waals surface area contributed by atoms with Crippen molar-refractivity contribution in [2.45, 2.75) is 45.1 Å². The number of nitrogens with one attached hydrogen (secondary N) is 1. The maximum atomic E-state index is 13.2. The first-order valence-corrected chi connectivity index (χ1v) is 14.1. The lowest BCUT2D eigenvalue weighted by Gasteiger charge is -2.56. The van der Waals surface area contributed by atoms with Crippen molar-refractivity contribution in [1.82, 2.24) is 5.32 Å². The van der Waals surface area contributed by atoms with Gasteiger partial charge in [0.05, 0.1) is 26.2 Å². The minimum atomic E-state index is -0.108. The van der Waals surface area contributed by atoms with E-state index in [0.717, 1.165) is 49.9 Å². The predicted octanol–water partition coefficient (Wildman–Crippen LogP) is 7.47. The van der Waals surface area contributed by atoms with E-state index in [9.17, 15) is 9.59 Å². The smallest absolute Gasteiger partial charge is 0.308 e. The normalized spacial score (nSPS) is 23.6. The van der Waals surface area contributed by atoms with Gasteiger partial charge in [0.25, 0.3) is 5.91 Å². The molecule has 4 rings (SSSR count). The van der Waals surface area contributed by atoms with Crippen LogP contribution in [0.5, 0.6) is 0 Å². The number of amides is 1. The van der Waals surface area contributed by atoms with Crippen molar-refractivity contribution in [3.63, 3.8) is 0 Å². The molecule has 2 aliphatic rings. The monoisotopic (exact) mass is 617 g/mol. The van der Waals surface area contributed by atoms with Crippen LogP contribution in [-0.2, 0) is 16.0 Å². The Morgan fingerprint density at radius 1 is 1.14 bits per heavy atom. The van der Waals surface area contributed by atoms with E-state index in [0.29, 0.717) is 12.0 Å². The summed E-state index contributed by atoms with van der Waals surface area (Å²) in [6.07, 6.45) is 12.0. The fourth-order valence-corrected chi connectivity index (χ4v) is 8.41. The van der Waals surface area contributed by atoms with E-state index in [1.165, 1.54) is 24.0 Å². The first-order valence-electron chi connectivity index (χ1n) is 11.7. The lowest BCUT2D eigenvalue weighted by Crippen LogP contribution is -2.57. The van der Waals surface area contributed by atoms with Crippen LogP contribution in [0.3, 0.4) is 0 Å². The van der Waals surface area contributed by atoms with Gasteiger partial charge in [-0.3, -0.25) is 9.59 Å². The van der Waals surface area contributed by atoms with Gasteiger partial charge in [0, 0.05) is 12.5 Å². The minimum absolute atomic E-state index is 0.0273. The number of halogens is 2. The van der Waals surface area contributed by atoms with Gasteiger partial charge < -0.3 is 10.1 Å². The van der Waals surface area contributed by atoms with E-state index in [2.05, 4.69) is 81.0 Å². The summed E-state index contributed by atoms with van der Waals surface area (Å²) in [7, 11) is 1.45. The summed E-state index contributed by atoms with van der Waals surface area (Å²) < 4.78 is 6.66. The number of hydrogen-bond donors (Lipinski definition) is 1. The van der Waals surface area contributed by atoms with Gasteiger partial charge in [-0.15, -0.1) is 11.3 Å². The number of methoxy groups -OCH3 is 1. The number of hydrogen-bond acceptors (Lipinski definition) is 4. The van der Waals surface area contributed by atoms with Crippen LogP contribution in [-0.4, -0.2) is 25.0 Å². The maximum Gasteiger partial charge on any atom is 0.308 e. The summed E-state index contributed by atoms with van der Waals surface area (Å²) >= 11 is 8.81. The van der Waals surface area contributed by atoms with E-state index < -0.39 is 0 Å². The van der Waals surface area contributed by atoms with Crippen molar-refractivity contribution in [1.29, 1.82) is 0 Å². The molecule has 7 heteroatoms. The fourth-order valence-electron chi connectivity index (χ4n) is 5.25. The van der Waals surface area contributed by atoms with Crippen LogP contribution in [0.15, 0.2) is 62.7 Å². The Bertz CT molecular complexity index is 1180.